The molecule has 194 valence electrons. The standard InChI is InChI=1S/C29H32Cl2N4O2/c30-25-9-4-10-26(31)24(25)11-15-37-27-17-22(18-33-28(27)32)20-6-3-7-21(16-20)29(36)35-14-5-8-23(35)19-34-12-1-2-13-34/h3-4,6-7,9-10,16-18,23H,1-2,5,8,11-15,19H2,(H2,32,33)/t23-/m0/s1. The minimum Gasteiger partial charge on any atom is -0.489 e. The van der Waals surface area contributed by atoms with Gasteiger partial charge in [-0.1, -0.05) is 41.4 Å². The highest BCUT2D eigenvalue weighted by Gasteiger charge is 2.31. The molecule has 2 aromatic carbocycles. The van der Waals surface area contributed by atoms with Gasteiger partial charge in [0, 0.05) is 52.9 Å². The number of rotatable bonds is 8. The number of amides is 1. The van der Waals surface area contributed by atoms with E-state index in [1.165, 1.54) is 12.8 Å². The monoisotopic (exact) mass is 538 g/mol. The normalized spacial score (nSPS) is 17.9. The zero-order valence-electron chi connectivity index (χ0n) is 20.8. The fraction of sp³-hybridized carbons (Fsp3) is 0.379. The molecule has 0 aliphatic carbocycles. The zero-order valence-corrected chi connectivity index (χ0v) is 22.3. The quantitative estimate of drug-likeness (QED) is 0.383. The van der Waals surface area contributed by atoms with Crippen molar-refractivity contribution in [1.82, 2.24) is 14.8 Å². The fourth-order valence-electron chi connectivity index (χ4n) is 5.32. The lowest BCUT2D eigenvalue weighted by molar-refractivity contribution is 0.0709. The number of hydrogen-bond donors (Lipinski definition) is 1. The summed E-state index contributed by atoms with van der Waals surface area (Å²) < 4.78 is 5.96. The number of likely N-dealkylation sites (tertiary alicyclic amines) is 2. The van der Waals surface area contributed by atoms with E-state index in [-0.39, 0.29) is 5.91 Å². The zero-order chi connectivity index (χ0) is 25.8. The second-order valence-corrected chi connectivity index (χ2v) is 10.6. The number of hydrogen-bond acceptors (Lipinski definition) is 5. The summed E-state index contributed by atoms with van der Waals surface area (Å²) >= 11 is 12.6. The van der Waals surface area contributed by atoms with Crippen LogP contribution in [0.4, 0.5) is 5.82 Å². The van der Waals surface area contributed by atoms with E-state index in [4.69, 9.17) is 33.7 Å². The van der Waals surface area contributed by atoms with Gasteiger partial charge in [-0.2, -0.15) is 0 Å². The summed E-state index contributed by atoms with van der Waals surface area (Å²) in [5.41, 5.74) is 9.36. The number of halogens is 2. The molecule has 0 saturated carbocycles. The van der Waals surface area contributed by atoms with Crippen LogP contribution in [0, 0.1) is 0 Å². The summed E-state index contributed by atoms with van der Waals surface area (Å²) in [5, 5.41) is 1.22. The SMILES string of the molecule is Nc1ncc(-c2cccc(C(=O)N3CCC[C@H]3CN3CCCC3)c2)cc1OCCc1c(Cl)cccc1Cl. The van der Waals surface area contributed by atoms with E-state index in [0.717, 1.165) is 55.7 Å². The molecule has 1 atom stereocenters. The molecular weight excluding hydrogens is 507 g/mol. The van der Waals surface area contributed by atoms with E-state index in [2.05, 4.69) is 14.8 Å². The highest BCUT2D eigenvalue weighted by atomic mass is 35.5. The molecule has 0 bridgehead atoms. The Hall–Kier alpha value is -2.80. The highest BCUT2D eigenvalue weighted by Crippen LogP contribution is 2.30. The molecule has 5 rings (SSSR count). The first-order chi connectivity index (χ1) is 18.0. The number of carbonyl (C=O) groups excluding carboxylic acids is 1. The Labute approximate surface area is 228 Å². The smallest absolute Gasteiger partial charge is 0.254 e. The molecule has 0 unspecified atom stereocenters. The minimum absolute atomic E-state index is 0.0973. The predicted octanol–water partition coefficient (Wildman–Crippen LogP) is 5.96. The van der Waals surface area contributed by atoms with E-state index < -0.39 is 0 Å². The van der Waals surface area contributed by atoms with Gasteiger partial charge >= 0.3 is 0 Å². The van der Waals surface area contributed by atoms with Crippen molar-refractivity contribution in [3.63, 3.8) is 0 Å². The molecule has 2 saturated heterocycles. The van der Waals surface area contributed by atoms with Gasteiger partial charge in [0.15, 0.2) is 11.6 Å². The maximum absolute atomic E-state index is 13.5. The van der Waals surface area contributed by atoms with Crippen molar-refractivity contribution in [3.8, 4) is 16.9 Å². The lowest BCUT2D eigenvalue weighted by Gasteiger charge is -2.28. The molecule has 2 aliphatic heterocycles. The second kappa shape index (κ2) is 11.7. The van der Waals surface area contributed by atoms with Gasteiger partial charge < -0.3 is 20.3 Å². The first-order valence-corrected chi connectivity index (χ1v) is 13.7. The van der Waals surface area contributed by atoms with Gasteiger partial charge in [-0.25, -0.2) is 4.98 Å². The van der Waals surface area contributed by atoms with Crippen LogP contribution in [0.25, 0.3) is 11.1 Å². The Bertz CT molecular complexity index is 1240. The van der Waals surface area contributed by atoms with Crippen molar-refractivity contribution in [2.45, 2.75) is 38.1 Å². The van der Waals surface area contributed by atoms with Gasteiger partial charge in [0.2, 0.25) is 0 Å². The highest BCUT2D eigenvalue weighted by molar-refractivity contribution is 6.36. The van der Waals surface area contributed by atoms with E-state index in [9.17, 15) is 4.79 Å². The van der Waals surface area contributed by atoms with Crippen molar-refractivity contribution in [2.24, 2.45) is 0 Å². The van der Waals surface area contributed by atoms with Crippen LogP contribution in [0.15, 0.2) is 54.7 Å². The number of carbonyl (C=O) groups is 1. The van der Waals surface area contributed by atoms with Crippen LogP contribution in [0.3, 0.4) is 0 Å². The summed E-state index contributed by atoms with van der Waals surface area (Å²) in [7, 11) is 0. The fourth-order valence-corrected chi connectivity index (χ4v) is 5.90. The summed E-state index contributed by atoms with van der Waals surface area (Å²) in [4.78, 5) is 22.4. The van der Waals surface area contributed by atoms with Gasteiger partial charge in [-0.05, 0) is 80.2 Å². The third kappa shape index (κ3) is 6.03. The lowest BCUT2D eigenvalue weighted by atomic mass is 10.0. The molecule has 1 amide bonds. The van der Waals surface area contributed by atoms with Crippen molar-refractivity contribution in [1.29, 1.82) is 0 Å². The number of ether oxygens (including phenoxy) is 1. The molecule has 2 aliphatic rings. The van der Waals surface area contributed by atoms with Crippen LogP contribution in [-0.2, 0) is 6.42 Å². The van der Waals surface area contributed by atoms with E-state index in [0.29, 0.717) is 46.2 Å². The molecule has 3 heterocycles. The number of nitrogens with zero attached hydrogens (tertiary/aromatic N) is 3. The summed E-state index contributed by atoms with van der Waals surface area (Å²) in [5.74, 6) is 0.894. The lowest BCUT2D eigenvalue weighted by Crippen LogP contribution is -2.42. The third-order valence-electron chi connectivity index (χ3n) is 7.30. The molecule has 6 nitrogen and oxygen atoms in total. The Morgan fingerprint density at radius 3 is 2.54 bits per heavy atom. The largest absolute Gasteiger partial charge is 0.489 e. The van der Waals surface area contributed by atoms with Crippen LogP contribution >= 0.6 is 23.2 Å². The van der Waals surface area contributed by atoms with Crippen LogP contribution in [-0.4, -0.2) is 59.5 Å². The first kappa shape index (κ1) is 25.8. The Kier molecular flexibility index (Phi) is 8.18. The first-order valence-electron chi connectivity index (χ1n) is 12.9. The van der Waals surface area contributed by atoms with Crippen LogP contribution < -0.4 is 10.5 Å². The van der Waals surface area contributed by atoms with E-state index in [1.54, 1.807) is 6.20 Å². The Balaban J connectivity index is 1.28. The van der Waals surface area contributed by atoms with Crippen molar-refractivity contribution in [3.05, 3.63) is 75.9 Å². The predicted molar refractivity (Wildman–Crippen MR) is 149 cm³/mol. The van der Waals surface area contributed by atoms with Gasteiger partial charge in [-0.3, -0.25) is 4.79 Å². The van der Waals surface area contributed by atoms with Crippen molar-refractivity contribution in [2.75, 3.05) is 38.5 Å². The molecule has 0 spiro atoms. The number of benzene rings is 2. The van der Waals surface area contributed by atoms with Gasteiger partial charge in [-0.15, -0.1) is 0 Å². The number of nitrogen functional groups attached to an aromatic ring is 1. The Morgan fingerprint density at radius 1 is 1.00 bits per heavy atom. The molecule has 37 heavy (non-hydrogen) atoms. The van der Waals surface area contributed by atoms with Crippen molar-refractivity contribution < 1.29 is 9.53 Å². The molecule has 0 radical (unpaired) electrons. The van der Waals surface area contributed by atoms with Gasteiger partial charge in [0.1, 0.15) is 0 Å². The molecule has 2 fully saturated rings. The number of nitrogens with two attached hydrogens (primary N) is 1. The van der Waals surface area contributed by atoms with Crippen LogP contribution in [0.1, 0.15) is 41.6 Å². The third-order valence-corrected chi connectivity index (χ3v) is 8.01. The van der Waals surface area contributed by atoms with E-state index in [1.807, 2.05) is 48.5 Å². The average molecular weight is 540 g/mol. The molecule has 3 aromatic rings. The van der Waals surface area contributed by atoms with Gasteiger partial charge in [0.25, 0.3) is 5.91 Å². The van der Waals surface area contributed by atoms with Crippen LogP contribution in [0.2, 0.25) is 10.0 Å². The Morgan fingerprint density at radius 2 is 1.76 bits per heavy atom. The maximum atomic E-state index is 13.5. The van der Waals surface area contributed by atoms with E-state index >= 15 is 0 Å². The van der Waals surface area contributed by atoms with Crippen LogP contribution in [0.5, 0.6) is 5.75 Å². The van der Waals surface area contributed by atoms with Crippen molar-refractivity contribution >= 4 is 34.9 Å². The van der Waals surface area contributed by atoms with Gasteiger partial charge in [0.05, 0.1) is 6.61 Å². The number of aromatic nitrogens is 1. The number of anilines is 1. The second-order valence-electron chi connectivity index (χ2n) is 9.79. The number of pyridine rings is 1. The topological polar surface area (TPSA) is 71.7 Å². The molecule has 2 N–H and O–H groups in total. The molecule has 1 aromatic heterocycles. The summed E-state index contributed by atoms with van der Waals surface area (Å²) in [6, 6.07) is 15.3. The maximum Gasteiger partial charge on any atom is 0.254 e. The summed E-state index contributed by atoms with van der Waals surface area (Å²) in [6.07, 6.45) is 6.91. The summed E-state index contributed by atoms with van der Waals surface area (Å²) in [6.45, 7) is 4.44. The average Bonchev–Trinajstić information content (AvgIpc) is 3.59. The minimum atomic E-state index is 0.0973. The molecular formula is C29H32Cl2N4O2. The molecule has 8 heteroatoms.